The predicted octanol–water partition coefficient (Wildman–Crippen LogP) is 3.04. The van der Waals surface area contributed by atoms with Crippen molar-refractivity contribution in [3.8, 4) is 11.3 Å². The molecule has 6 heteroatoms. The SMILES string of the molecule is O=C(C1CC2CCCCN2C1)N1CCc2nnc(-c3ccc(F)cc3)cc2C1. The molecule has 0 aliphatic carbocycles. The van der Waals surface area contributed by atoms with Gasteiger partial charge < -0.3 is 4.90 Å². The molecule has 2 fully saturated rings. The van der Waals surface area contributed by atoms with Gasteiger partial charge in [-0.25, -0.2) is 4.39 Å². The van der Waals surface area contributed by atoms with Gasteiger partial charge in [0.15, 0.2) is 0 Å². The molecule has 0 saturated carbocycles. The number of amides is 1. The Kier molecular flexibility index (Phi) is 4.59. The molecule has 3 aliphatic rings. The first-order chi connectivity index (χ1) is 13.7. The lowest BCUT2D eigenvalue weighted by Crippen LogP contribution is -2.41. The van der Waals surface area contributed by atoms with E-state index in [0.717, 1.165) is 55.0 Å². The maximum absolute atomic E-state index is 13.2. The highest BCUT2D eigenvalue weighted by molar-refractivity contribution is 5.80. The number of carbonyl (C=O) groups excluding carboxylic acids is 1. The highest BCUT2D eigenvalue weighted by Gasteiger charge is 2.39. The van der Waals surface area contributed by atoms with Crippen molar-refractivity contribution in [1.82, 2.24) is 20.0 Å². The maximum atomic E-state index is 13.2. The monoisotopic (exact) mass is 380 g/mol. The first-order valence-corrected chi connectivity index (χ1v) is 10.3. The minimum atomic E-state index is -0.265. The molecule has 28 heavy (non-hydrogen) atoms. The summed E-state index contributed by atoms with van der Waals surface area (Å²) in [6.07, 6.45) is 5.56. The number of fused-ring (bicyclic) bond motifs is 2. The largest absolute Gasteiger partial charge is 0.338 e. The van der Waals surface area contributed by atoms with E-state index in [4.69, 9.17) is 0 Å². The molecule has 4 heterocycles. The second-order valence-corrected chi connectivity index (χ2v) is 8.30. The molecule has 0 radical (unpaired) electrons. The van der Waals surface area contributed by atoms with Crippen LogP contribution in [0.5, 0.6) is 0 Å². The number of aromatic nitrogens is 2. The van der Waals surface area contributed by atoms with Crippen molar-refractivity contribution in [3.05, 3.63) is 47.4 Å². The average Bonchev–Trinajstić information content (AvgIpc) is 3.17. The van der Waals surface area contributed by atoms with Crippen LogP contribution in [0.1, 0.15) is 36.9 Å². The van der Waals surface area contributed by atoms with Gasteiger partial charge in [0.1, 0.15) is 5.82 Å². The number of halogens is 1. The van der Waals surface area contributed by atoms with Crippen molar-refractivity contribution in [2.75, 3.05) is 19.6 Å². The van der Waals surface area contributed by atoms with E-state index in [-0.39, 0.29) is 11.7 Å². The molecule has 2 atom stereocenters. The lowest BCUT2D eigenvalue weighted by molar-refractivity contribution is -0.136. The Hall–Kier alpha value is -2.34. The molecule has 2 aromatic rings. The lowest BCUT2D eigenvalue weighted by Gasteiger charge is -2.30. The second kappa shape index (κ2) is 7.24. The molecular formula is C22H25FN4O. The van der Waals surface area contributed by atoms with E-state index < -0.39 is 0 Å². The van der Waals surface area contributed by atoms with Gasteiger partial charge in [0.05, 0.1) is 17.3 Å². The Morgan fingerprint density at radius 1 is 1.11 bits per heavy atom. The average molecular weight is 380 g/mol. The Bertz CT molecular complexity index is 871. The Balaban J connectivity index is 1.32. The maximum Gasteiger partial charge on any atom is 0.227 e. The normalized spacial score (nSPS) is 24.7. The molecule has 1 aromatic heterocycles. The zero-order valence-electron chi connectivity index (χ0n) is 16.0. The van der Waals surface area contributed by atoms with Crippen molar-refractivity contribution in [2.24, 2.45) is 5.92 Å². The van der Waals surface area contributed by atoms with Gasteiger partial charge in [0, 0.05) is 37.7 Å². The number of hydrogen-bond acceptors (Lipinski definition) is 4. The summed E-state index contributed by atoms with van der Waals surface area (Å²) in [6.45, 7) is 3.38. The summed E-state index contributed by atoms with van der Waals surface area (Å²) in [7, 11) is 0. The zero-order valence-corrected chi connectivity index (χ0v) is 16.0. The van der Waals surface area contributed by atoms with Crippen LogP contribution in [-0.4, -0.2) is 51.6 Å². The number of nitrogens with zero attached hydrogens (tertiary/aromatic N) is 4. The van der Waals surface area contributed by atoms with Gasteiger partial charge in [-0.3, -0.25) is 9.69 Å². The summed E-state index contributed by atoms with van der Waals surface area (Å²) < 4.78 is 13.2. The van der Waals surface area contributed by atoms with Crippen molar-refractivity contribution in [2.45, 2.75) is 44.7 Å². The number of rotatable bonds is 2. The molecule has 1 aromatic carbocycles. The third-order valence-corrected chi connectivity index (χ3v) is 6.50. The van der Waals surface area contributed by atoms with Crippen LogP contribution in [0.15, 0.2) is 30.3 Å². The first kappa shape index (κ1) is 17.7. The van der Waals surface area contributed by atoms with Crippen molar-refractivity contribution < 1.29 is 9.18 Å². The molecule has 5 rings (SSSR count). The fourth-order valence-corrected chi connectivity index (χ4v) is 4.97. The van der Waals surface area contributed by atoms with Gasteiger partial charge >= 0.3 is 0 Å². The molecule has 5 nitrogen and oxygen atoms in total. The molecule has 0 N–H and O–H groups in total. The third-order valence-electron chi connectivity index (χ3n) is 6.50. The first-order valence-electron chi connectivity index (χ1n) is 10.3. The molecule has 2 unspecified atom stereocenters. The van der Waals surface area contributed by atoms with Crippen LogP contribution in [0.4, 0.5) is 4.39 Å². The molecular weight excluding hydrogens is 355 g/mol. The summed E-state index contributed by atoms with van der Waals surface area (Å²) in [6, 6.07) is 8.91. The number of benzene rings is 1. The Morgan fingerprint density at radius 2 is 1.96 bits per heavy atom. The minimum absolute atomic E-state index is 0.135. The number of hydrogen-bond donors (Lipinski definition) is 0. The van der Waals surface area contributed by atoms with Gasteiger partial charge in [0.2, 0.25) is 5.91 Å². The Labute approximate surface area is 164 Å². The standard InChI is InChI=1S/C22H25FN4O/c23-18-6-4-15(5-7-18)21-12-16-13-27(10-8-20(16)24-25-21)22(28)17-11-19-3-1-2-9-26(19)14-17/h4-7,12,17,19H,1-3,8-11,13-14H2. The van der Waals surface area contributed by atoms with Crippen molar-refractivity contribution in [1.29, 1.82) is 0 Å². The van der Waals surface area contributed by atoms with E-state index in [1.165, 1.54) is 31.4 Å². The highest BCUT2D eigenvalue weighted by Crippen LogP contribution is 2.32. The fraction of sp³-hybridized carbons (Fsp3) is 0.500. The van der Waals surface area contributed by atoms with Crippen LogP contribution >= 0.6 is 0 Å². The third kappa shape index (κ3) is 3.30. The van der Waals surface area contributed by atoms with Gasteiger partial charge in [-0.2, -0.15) is 10.2 Å². The highest BCUT2D eigenvalue weighted by atomic mass is 19.1. The van der Waals surface area contributed by atoms with E-state index in [1.54, 1.807) is 12.1 Å². The smallest absolute Gasteiger partial charge is 0.227 e. The summed E-state index contributed by atoms with van der Waals surface area (Å²) in [5.74, 6) is 0.163. The van der Waals surface area contributed by atoms with Crippen LogP contribution < -0.4 is 0 Å². The Morgan fingerprint density at radius 3 is 2.79 bits per heavy atom. The van der Waals surface area contributed by atoms with Crippen LogP contribution in [0.25, 0.3) is 11.3 Å². The van der Waals surface area contributed by atoms with E-state index in [0.29, 0.717) is 18.5 Å². The van der Waals surface area contributed by atoms with Gasteiger partial charge in [-0.05, 0) is 61.7 Å². The van der Waals surface area contributed by atoms with Gasteiger partial charge in [-0.1, -0.05) is 6.42 Å². The van der Waals surface area contributed by atoms with Crippen LogP contribution in [-0.2, 0) is 17.8 Å². The topological polar surface area (TPSA) is 49.3 Å². The molecule has 2 saturated heterocycles. The summed E-state index contributed by atoms with van der Waals surface area (Å²) >= 11 is 0. The van der Waals surface area contributed by atoms with Gasteiger partial charge in [0.25, 0.3) is 0 Å². The fourth-order valence-electron chi connectivity index (χ4n) is 4.97. The molecule has 0 spiro atoms. The van der Waals surface area contributed by atoms with Crippen LogP contribution in [0.2, 0.25) is 0 Å². The number of piperidine rings is 1. The second-order valence-electron chi connectivity index (χ2n) is 8.30. The van der Waals surface area contributed by atoms with Crippen LogP contribution in [0.3, 0.4) is 0 Å². The summed E-state index contributed by atoms with van der Waals surface area (Å²) in [4.78, 5) is 17.7. The van der Waals surface area contributed by atoms with E-state index in [9.17, 15) is 9.18 Å². The predicted molar refractivity (Wildman–Crippen MR) is 104 cm³/mol. The summed E-state index contributed by atoms with van der Waals surface area (Å²) in [5, 5.41) is 8.68. The molecule has 3 aliphatic heterocycles. The van der Waals surface area contributed by atoms with Gasteiger partial charge in [-0.15, -0.1) is 0 Å². The van der Waals surface area contributed by atoms with Crippen molar-refractivity contribution in [3.63, 3.8) is 0 Å². The molecule has 146 valence electrons. The number of carbonyl (C=O) groups is 1. The lowest BCUT2D eigenvalue weighted by atomic mass is 9.97. The summed E-state index contributed by atoms with van der Waals surface area (Å²) in [5.41, 5.74) is 3.60. The van der Waals surface area contributed by atoms with Crippen LogP contribution in [0, 0.1) is 11.7 Å². The van der Waals surface area contributed by atoms with E-state index in [1.807, 2.05) is 11.0 Å². The minimum Gasteiger partial charge on any atom is -0.338 e. The quantitative estimate of drug-likeness (QED) is 0.804. The van der Waals surface area contributed by atoms with Crippen molar-refractivity contribution >= 4 is 5.91 Å². The molecule has 0 bridgehead atoms. The van der Waals surface area contributed by atoms with E-state index in [2.05, 4.69) is 15.1 Å². The zero-order chi connectivity index (χ0) is 19.1. The molecule has 1 amide bonds. The van der Waals surface area contributed by atoms with E-state index >= 15 is 0 Å².